The van der Waals surface area contributed by atoms with Crippen molar-refractivity contribution in [3.8, 4) is 11.3 Å². The van der Waals surface area contributed by atoms with Gasteiger partial charge in [0.25, 0.3) is 0 Å². The number of rotatable bonds is 4. The first-order valence-electron chi connectivity index (χ1n) is 6.59. The number of hydrogen-bond donors (Lipinski definition) is 2. The van der Waals surface area contributed by atoms with Crippen LogP contribution in [0.4, 0.5) is 4.39 Å². The molecule has 108 valence electrons. The Morgan fingerprint density at radius 3 is 2.75 bits per heavy atom. The van der Waals surface area contributed by atoms with E-state index in [4.69, 9.17) is 11.6 Å². The largest absolute Gasteiger partial charge is 0.342 e. The summed E-state index contributed by atoms with van der Waals surface area (Å²) in [5, 5.41) is 3.52. The molecule has 1 aromatic carbocycles. The van der Waals surface area contributed by atoms with E-state index in [-0.39, 0.29) is 10.6 Å². The topological polar surface area (TPSA) is 40.7 Å². The van der Waals surface area contributed by atoms with Crippen LogP contribution in [0.3, 0.4) is 0 Å². The predicted molar refractivity (Wildman–Crippen MR) is 80.5 cm³/mol. The van der Waals surface area contributed by atoms with Gasteiger partial charge in [-0.3, -0.25) is 0 Å². The van der Waals surface area contributed by atoms with Gasteiger partial charge in [-0.15, -0.1) is 0 Å². The molecule has 0 saturated heterocycles. The summed E-state index contributed by atoms with van der Waals surface area (Å²) in [6.07, 6.45) is 2.56. The quantitative estimate of drug-likeness (QED) is 0.901. The average molecular weight is 296 g/mol. The molecule has 0 atom stereocenters. The molecule has 0 unspecified atom stereocenters. The molecule has 2 aromatic rings. The van der Waals surface area contributed by atoms with Crippen molar-refractivity contribution >= 4 is 11.6 Å². The zero-order chi connectivity index (χ0) is 14.8. The fraction of sp³-hybridized carbons (Fsp3) is 0.400. The van der Waals surface area contributed by atoms with E-state index in [0.29, 0.717) is 0 Å². The molecule has 0 radical (unpaired) electrons. The fourth-order valence-electron chi connectivity index (χ4n) is 1.86. The van der Waals surface area contributed by atoms with Gasteiger partial charge in [0.1, 0.15) is 11.6 Å². The number of benzene rings is 1. The lowest BCUT2D eigenvalue weighted by Crippen LogP contribution is -2.37. The van der Waals surface area contributed by atoms with E-state index in [1.165, 1.54) is 6.07 Å². The molecule has 0 aliphatic rings. The van der Waals surface area contributed by atoms with Crippen LogP contribution in [0, 0.1) is 5.82 Å². The van der Waals surface area contributed by atoms with Crippen LogP contribution in [0.2, 0.25) is 5.02 Å². The standard InChI is InChI=1S/C15H19ClFN3/c1-15(2,3)19-7-6-14-18-9-13(20-14)10-4-5-12(17)11(16)8-10/h4-5,8-9,19H,6-7H2,1-3H3,(H,18,20). The van der Waals surface area contributed by atoms with Crippen molar-refractivity contribution < 1.29 is 4.39 Å². The summed E-state index contributed by atoms with van der Waals surface area (Å²) in [7, 11) is 0. The maximum Gasteiger partial charge on any atom is 0.141 e. The summed E-state index contributed by atoms with van der Waals surface area (Å²) in [5.41, 5.74) is 1.77. The van der Waals surface area contributed by atoms with E-state index in [1.807, 2.05) is 0 Å². The monoisotopic (exact) mass is 295 g/mol. The Morgan fingerprint density at radius 1 is 1.35 bits per heavy atom. The summed E-state index contributed by atoms with van der Waals surface area (Å²) in [4.78, 5) is 7.56. The summed E-state index contributed by atoms with van der Waals surface area (Å²) >= 11 is 5.79. The van der Waals surface area contributed by atoms with Gasteiger partial charge in [0.2, 0.25) is 0 Å². The molecule has 0 bridgehead atoms. The molecule has 0 fully saturated rings. The van der Waals surface area contributed by atoms with Gasteiger partial charge in [-0.2, -0.15) is 0 Å². The van der Waals surface area contributed by atoms with Gasteiger partial charge in [-0.1, -0.05) is 11.6 Å². The van der Waals surface area contributed by atoms with Crippen LogP contribution in [0.25, 0.3) is 11.3 Å². The number of hydrogen-bond acceptors (Lipinski definition) is 2. The van der Waals surface area contributed by atoms with Crippen molar-refractivity contribution in [1.29, 1.82) is 0 Å². The van der Waals surface area contributed by atoms with Crippen molar-refractivity contribution in [3.63, 3.8) is 0 Å². The molecular weight excluding hydrogens is 277 g/mol. The molecule has 2 rings (SSSR count). The Labute approximate surface area is 123 Å². The molecule has 0 spiro atoms. The minimum atomic E-state index is -0.412. The van der Waals surface area contributed by atoms with E-state index in [2.05, 4.69) is 36.1 Å². The van der Waals surface area contributed by atoms with Gasteiger partial charge in [0, 0.05) is 24.1 Å². The molecule has 3 nitrogen and oxygen atoms in total. The Morgan fingerprint density at radius 2 is 2.10 bits per heavy atom. The van der Waals surface area contributed by atoms with Crippen LogP contribution < -0.4 is 5.32 Å². The number of nitrogens with one attached hydrogen (secondary N) is 2. The van der Waals surface area contributed by atoms with Crippen molar-refractivity contribution in [2.24, 2.45) is 0 Å². The Balaban J connectivity index is 2.03. The molecule has 0 aliphatic heterocycles. The van der Waals surface area contributed by atoms with Gasteiger partial charge in [0.15, 0.2) is 0 Å². The maximum atomic E-state index is 13.1. The van der Waals surface area contributed by atoms with Gasteiger partial charge in [0.05, 0.1) is 16.9 Å². The van der Waals surface area contributed by atoms with Gasteiger partial charge < -0.3 is 10.3 Å². The first kappa shape index (κ1) is 15.0. The molecule has 0 saturated carbocycles. The van der Waals surface area contributed by atoms with Crippen LogP contribution >= 0.6 is 11.6 Å². The first-order valence-corrected chi connectivity index (χ1v) is 6.97. The molecule has 1 heterocycles. The average Bonchev–Trinajstić information content (AvgIpc) is 2.80. The van der Waals surface area contributed by atoms with E-state index >= 15 is 0 Å². The van der Waals surface area contributed by atoms with Crippen LogP contribution in [-0.4, -0.2) is 22.1 Å². The molecule has 20 heavy (non-hydrogen) atoms. The van der Waals surface area contributed by atoms with Gasteiger partial charge in [-0.05, 0) is 39.0 Å². The van der Waals surface area contributed by atoms with Crippen molar-refractivity contribution in [2.45, 2.75) is 32.7 Å². The fourth-order valence-corrected chi connectivity index (χ4v) is 2.04. The van der Waals surface area contributed by atoms with Crippen molar-refractivity contribution in [3.05, 3.63) is 41.1 Å². The summed E-state index contributed by atoms with van der Waals surface area (Å²) in [6, 6.07) is 4.65. The summed E-state index contributed by atoms with van der Waals surface area (Å²) in [6.45, 7) is 7.23. The summed E-state index contributed by atoms with van der Waals surface area (Å²) < 4.78 is 13.1. The third-order valence-electron chi connectivity index (χ3n) is 2.88. The Bertz CT molecular complexity index is 587. The zero-order valence-electron chi connectivity index (χ0n) is 11.9. The predicted octanol–water partition coefficient (Wildman–Crippen LogP) is 3.80. The van der Waals surface area contributed by atoms with Crippen molar-refractivity contribution in [1.82, 2.24) is 15.3 Å². The van der Waals surface area contributed by atoms with Crippen LogP contribution in [-0.2, 0) is 6.42 Å². The molecule has 5 heteroatoms. The number of nitrogens with zero attached hydrogens (tertiary/aromatic N) is 1. The SMILES string of the molecule is CC(C)(C)NCCc1ncc(-c2ccc(F)c(Cl)c2)[nH]1. The van der Waals surface area contributed by atoms with E-state index in [1.54, 1.807) is 18.3 Å². The third kappa shape index (κ3) is 4.05. The second kappa shape index (κ2) is 5.94. The molecule has 0 aliphatic carbocycles. The number of aromatic nitrogens is 2. The van der Waals surface area contributed by atoms with Gasteiger partial charge >= 0.3 is 0 Å². The lowest BCUT2D eigenvalue weighted by Gasteiger charge is -2.19. The third-order valence-corrected chi connectivity index (χ3v) is 3.17. The summed E-state index contributed by atoms with van der Waals surface area (Å²) in [5.74, 6) is 0.488. The smallest absolute Gasteiger partial charge is 0.141 e. The molecule has 0 amide bonds. The highest BCUT2D eigenvalue weighted by atomic mass is 35.5. The second-order valence-electron chi connectivity index (χ2n) is 5.80. The number of H-pyrrole nitrogens is 1. The lowest BCUT2D eigenvalue weighted by atomic mass is 10.1. The first-order chi connectivity index (χ1) is 9.35. The normalized spacial score (nSPS) is 11.8. The zero-order valence-corrected chi connectivity index (χ0v) is 12.7. The van der Waals surface area contributed by atoms with Crippen LogP contribution in [0.5, 0.6) is 0 Å². The van der Waals surface area contributed by atoms with E-state index in [0.717, 1.165) is 30.0 Å². The highest BCUT2D eigenvalue weighted by Gasteiger charge is 2.09. The highest BCUT2D eigenvalue weighted by molar-refractivity contribution is 6.31. The molecule has 2 N–H and O–H groups in total. The Kier molecular flexibility index (Phi) is 4.45. The minimum Gasteiger partial charge on any atom is -0.342 e. The van der Waals surface area contributed by atoms with E-state index in [9.17, 15) is 4.39 Å². The van der Waals surface area contributed by atoms with E-state index < -0.39 is 5.82 Å². The highest BCUT2D eigenvalue weighted by Crippen LogP contribution is 2.23. The minimum absolute atomic E-state index is 0.0971. The lowest BCUT2D eigenvalue weighted by molar-refractivity contribution is 0.427. The van der Waals surface area contributed by atoms with Crippen LogP contribution in [0.15, 0.2) is 24.4 Å². The number of aromatic amines is 1. The Hall–Kier alpha value is -1.39. The number of imidazole rings is 1. The molecular formula is C15H19ClFN3. The molecule has 1 aromatic heterocycles. The van der Waals surface area contributed by atoms with Crippen molar-refractivity contribution in [2.75, 3.05) is 6.54 Å². The second-order valence-corrected chi connectivity index (χ2v) is 6.21. The maximum absolute atomic E-state index is 13.1. The number of halogens is 2. The van der Waals surface area contributed by atoms with Crippen LogP contribution in [0.1, 0.15) is 26.6 Å². The van der Waals surface area contributed by atoms with Gasteiger partial charge in [-0.25, -0.2) is 9.37 Å².